The number of hydrogen-bond donors (Lipinski definition) is 0. The van der Waals surface area contributed by atoms with Gasteiger partial charge in [-0.15, -0.1) is 0 Å². The average molecular weight is 504 g/mol. The molecule has 1 aromatic carbocycles. The molecule has 4 rings (SSSR count). The third kappa shape index (κ3) is 5.57. The summed E-state index contributed by atoms with van der Waals surface area (Å²) in [4.78, 5) is 25.3. The van der Waals surface area contributed by atoms with Crippen molar-refractivity contribution in [2.45, 2.75) is 37.6 Å². The van der Waals surface area contributed by atoms with Gasteiger partial charge in [0.05, 0.1) is 18.6 Å². The molecule has 35 heavy (non-hydrogen) atoms. The van der Waals surface area contributed by atoms with Crippen LogP contribution in [0.5, 0.6) is 5.75 Å². The van der Waals surface area contributed by atoms with Gasteiger partial charge in [0.2, 0.25) is 21.9 Å². The number of aromatic nitrogens is 2. The Bertz CT molecular complexity index is 1110. The number of sulfonamides is 1. The molecule has 2 aliphatic heterocycles. The van der Waals surface area contributed by atoms with E-state index in [0.29, 0.717) is 66.9 Å². The van der Waals surface area contributed by atoms with E-state index in [4.69, 9.17) is 9.47 Å². The highest BCUT2D eigenvalue weighted by Crippen LogP contribution is 2.32. The number of benzene rings is 1. The third-order valence-corrected chi connectivity index (χ3v) is 8.82. The van der Waals surface area contributed by atoms with Gasteiger partial charge in [-0.05, 0) is 56.0 Å². The molecule has 1 amide bonds. The molecule has 190 valence electrons. The summed E-state index contributed by atoms with van der Waals surface area (Å²) in [6, 6.07) is 4.96. The van der Waals surface area contributed by atoms with Crippen molar-refractivity contribution in [2.24, 2.45) is 0 Å². The number of methoxy groups -OCH3 is 1. The summed E-state index contributed by atoms with van der Waals surface area (Å²) in [7, 11) is -2.13. The average Bonchev–Trinajstić information content (AvgIpc) is 3.33. The van der Waals surface area contributed by atoms with E-state index < -0.39 is 10.0 Å². The fourth-order valence-corrected chi connectivity index (χ4v) is 6.92. The lowest BCUT2D eigenvalue weighted by Crippen LogP contribution is -2.50. The molecule has 0 radical (unpaired) electrons. The lowest BCUT2D eigenvalue weighted by molar-refractivity contribution is -0.136. The van der Waals surface area contributed by atoms with E-state index in [1.54, 1.807) is 56.4 Å². The fourth-order valence-electron chi connectivity index (χ4n) is 4.83. The van der Waals surface area contributed by atoms with Gasteiger partial charge in [0.1, 0.15) is 12.4 Å². The molecule has 2 aliphatic rings. The molecule has 0 spiro atoms. The van der Waals surface area contributed by atoms with Gasteiger partial charge in [0.15, 0.2) is 0 Å². The molecule has 1 aromatic heterocycles. The summed E-state index contributed by atoms with van der Waals surface area (Å²) in [6.45, 7) is 6.60. The summed E-state index contributed by atoms with van der Waals surface area (Å²) < 4.78 is 39.6. The van der Waals surface area contributed by atoms with Crippen molar-refractivity contribution in [1.82, 2.24) is 19.2 Å². The van der Waals surface area contributed by atoms with Gasteiger partial charge in [-0.2, -0.15) is 4.31 Å². The minimum atomic E-state index is -3.69. The van der Waals surface area contributed by atoms with Gasteiger partial charge in [-0.1, -0.05) is 0 Å². The van der Waals surface area contributed by atoms with Crippen LogP contribution in [0, 0.1) is 13.8 Å². The van der Waals surface area contributed by atoms with E-state index in [0.717, 1.165) is 6.42 Å². The van der Waals surface area contributed by atoms with Gasteiger partial charge in [0.25, 0.3) is 0 Å². The first kappa shape index (κ1) is 25.3. The van der Waals surface area contributed by atoms with Crippen molar-refractivity contribution in [1.29, 1.82) is 0 Å². The van der Waals surface area contributed by atoms with Gasteiger partial charge < -0.3 is 19.3 Å². The number of piperazine rings is 1. The Morgan fingerprint density at radius 2 is 1.71 bits per heavy atom. The number of carbonyl (C=O) groups is 1. The molecular weight excluding hydrogens is 470 g/mol. The topological polar surface area (TPSA) is 105 Å². The maximum Gasteiger partial charge on any atom is 0.248 e. The summed E-state index contributed by atoms with van der Waals surface area (Å²) in [6.07, 6.45) is 4.88. The van der Waals surface area contributed by atoms with Crippen LogP contribution in [0.4, 0.5) is 5.95 Å². The number of rotatable bonds is 8. The number of ether oxygens (including phenoxy) is 2. The van der Waals surface area contributed by atoms with Crippen molar-refractivity contribution < 1.29 is 22.7 Å². The molecule has 0 bridgehead atoms. The van der Waals surface area contributed by atoms with E-state index in [2.05, 4.69) is 14.9 Å². The van der Waals surface area contributed by atoms with Gasteiger partial charge >= 0.3 is 0 Å². The Kier molecular flexibility index (Phi) is 7.88. The summed E-state index contributed by atoms with van der Waals surface area (Å²) in [5.74, 6) is 1.21. The Morgan fingerprint density at radius 3 is 2.34 bits per heavy atom. The minimum Gasteiger partial charge on any atom is -0.497 e. The standard InChI is InChI=1S/C24H33N5O5S/c1-18-14-21(33-3)15-19(2)23(18)35(31,32)29-9-4-6-20(29)16-34-17-22(30)27-10-12-28(13-11-27)24-25-7-5-8-26-24/h5,7-8,14-15,20H,4,6,9-13,16-17H2,1-3H3. The first-order valence-electron chi connectivity index (χ1n) is 11.9. The SMILES string of the molecule is COc1cc(C)c(S(=O)(=O)N2CCCC2COCC(=O)N2CCN(c3ncccn3)CC2)c(C)c1. The maximum atomic E-state index is 13.5. The molecule has 3 heterocycles. The van der Waals surface area contributed by atoms with E-state index >= 15 is 0 Å². The Morgan fingerprint density at radius 1 is 1.06 bits per heavy atom. The summed E-state index contributed by atoms with van der Waals surface area (Å²) in [5.41, 5.74) is 1.31. The Hall–Kier alpha value is -2.76. The smallest absolute Gasteiger partial charge is 0.248 e. The summed E-state index contributed by atoms with van der Waals surface area (Å²) >= 11 is 0. The van der Waals surface area contributed by atoms with E-state index in [9.17, 15) is 13.2 Å². The molecule has 10 nitrogen and oxygen atoms in total. The maximum absolute atomic E-state index is 13.5. The molecular formula is C24H33N5O5S. The van der Waals surface area contributed by atoms with E-state index in [1.165, 1.54) is 4.31 Å². The minimum absolute atomic E-state index is 0.0627. The molecule has 2 aromatic rings. The second-order valence-corrected chi connectivity index (χ2v) is 10.8. The Balaban J connectivity index is 1.31. The predicted molar refractivity (Wildman–Crippen MR) is 131 cm³/mol. The highest BCUT2D eigenvalue weighted by atomic mass is 32.2. The van der Waals surface area contributed by atoms with Crippen molar-refractivity contribution in [3.63, 3.8) is 0 Å². The zero-order valence-corrected chi connectivity index (χ0v) is 21.3. The van der Waals surface area contributed by atoms with Crippen LogP contribution in [0.3, 0.4) is 0 Å². The Labute approximate surface area is 206 Å². The third-order valence-electron chi connectivity index (χ3n) is 6.56. The number of anilines is 1. The van der Waals surface area contributed by atoms with Crippen LogP contribution in [0.2, 0.25) is 0 Å². The molecule has 1 atom stereocenters. The predicted octanol–water partition coefficient (Wildman–Crippen LogP) is 1.62. The van der Waals surface area contributed by atoms with Gasteiger partial charge in [0, 0.05) is 51.2 Å². The normalized spacial score (nSPS) is 19.2. The number of nitrogens with zero attached hydrogens (tertiary/aromatic N) is 5. The fraction of sp³-hybridized carbons (Fsp3) is 0.542. The van der Waals surface area contributed by atoms with Crippen molar-refractivity contribution in [2.75, 3.05) is 57.9 Å². The van der Waals surface area contributed by atoms with Crippen LogP contribution in [-0.4, -0.2) is 92.6 Å². The molecule has 1 unspecified atom stereocenters. The van der Waals surface area contributed by atoms with Crippen LogP contribution in [0.15, 0.2) is 35.5 Å². The number of aryl methyl sites for hydroxylation is 2. The van der Waals surface area contributed by atoms with Crippen molar-refractivity contribution in [3.8, 4) is 5.75 Å². The molecule has 0 saturated carbocycles. The summed E-state index contributed by atoms with van der Waals surface area (Å²) in [5, 5.41) is 0. The highest BCUT2D eigenvalue weighted by Gasteiger charge is 2.37. The molecule has 11 heteroatoms. The highest BCUT2D eigenvalue weighted by molar-refractivity contribution is 7.89. The van der Waals surface area contributed by atoms with Crippen LogP contribution in [0.25, 0.3) is 0 Å². The number of hydrogen-bond acceptors (Lipinski definition) is 8. The molecule has 2 fully saturated rings. The van der Waals surface area contributed by atoms with Crippen molar-refractivity contribution in [3.05, 3.63) is 41.7 Å². The first-order valence-corrected chi connectivity index (χ1v) is 13.3. The van der Waals surface area contributed by atoms with Crippen LogP contribution >= 0.6 is 0 Å². The lowest BCUT2D eigenvalue weighted by atomic mass is 10.1. The second kappa shape index (κ2) is 10.9. The first-order chi connectivity index (χ1) is 16.8. The van der Waals surface area contributed by atoms with Crippen LogP contribution in [0.1, 0.15) is 24.0 Å². The monoisotopic (exact) mass is 503 g/mol. The zero-order valence-electron chi connectivity index (χ0n) is 20.5. The quantitative estimate of drug-likeness (QED) is 0.535. The number of carbonyl (C=O) groups excluding carboxylic acids is 1. The van der Waals surface area contributed by atoms with Gasteiger partial charge in [-0.3, -0.25) is 4.79 Å². The second-order valence-electron chi connectivity index (χ2n) is 8.93. The van der Waals surface area contributed by atoms with Crippen LogP contribution < -0.4 is 9.64 Å². The lowest BCUT2D eigenvalue weighted by Gasteiger charge is -2.34. The largest absolute Gasteiger partial charge is 0.497 e. The molecule has 0 N–H and O–H groups in total. The number of amides is 1. The zero-order chi connectivity index (χ0) is 25.0. The van der Waals surface area contributed by atoms with Crippen molar-refractivity contribution >= 4 is 21.9 Å². The van der Waals surface area contributed by atoms with E-state index in [-0.39, 0.29) is 25.2 Å². The molecule has 2 saturated heterocycles. The molecule has 0 aliphatic carbocycles. The van der Waals surface area contributed by atoms with Gasteiger partial charge in [-0.25, -0.2) is 18.4 Å². The van der Waals surface area contributed by atoms with E-state index in [1.807, 2.05) is 0 Å². The van der Waals surface area contributed by atoms with Crippen LogP contribution in [-0.2, 0) is 19.6 Å².